The van der Waals surface area contributed by atoms with Crippen LogP contribution in [0.2, 0.25) is 0 Å². The Morgan fingerprint density at radius 3 is 3.05 bits per heavy atom. The molecular formula is C15H8NO2S. The van der Waals surface area contributed by atoms with Gasteiger partial charge < -0.3 is 9.67 Å². The summed E-state index contributed by atoms with van der Waals surface area (Å²) in [6.45, 7) is 0. The van der Waals surface area contributed by atoms with Crippen LogP contribution in [0.1, 0.15) is 15.4 Å². The Kier molecular flexibility index (Phi) is 2.00. The summed E-state index contributed by atoms with van der Waals surface area (Å²) in [7, 11) is 0. The molecule has 0 atom stereocenters. The predicted octanol–water partition coefficient (Wildman–Crippen LogP) is 3.26. The molecule has 3 nitrogen and oxygen atoms in total. The SMILES string of the molecule is O=C1c2scc(-c3cc[c]c(O)c3)c2-n2cccc21. The molecule has 0 bridgehead atoms. The normalized spacial score (nSPS) is 12.5. The number of thiophene rings is 1. The second-order valence-electron chi connectivity index (χ2n) is 4.38. The van der Waals surface area contributed by atoms with Crippen LogP contribution in [-0.4, -0.2) is 15.5 Å². The lowest BCUT2D eigenvalue weighted by atomic mass is 10.1. The van der Waals surface area contributed by atoms with E-state index in [0.29, 0.717) is 5.69 Å². The van der Waals surface area contributed by atoms with Gasteiger partial charge in [0.05, 0.1) is 11.4 Å². The highest BCUT2D eigenvalue weighted by atomic mass is 32.1. The summed E-state index contributed by atoms with van der Waals surface area (Å²) >= 11 is 1.45. The molecule has 2 aromatic heterocycles. The van der Waals surface area contributed by atoms with E-state index in [2.05, 4.69) is 6.07 Å². The number of rotatable bonds is 1. The summed E-state index contributed by atoms with van der Waals surface area (Å²) in [6, 6.07) is 11.6. The molecule has 19 heavy (non-hydrogen) atoms. The van der Waals surface area contributed by atoms with Crippen molar-refractivity contribution in [2.45, 2.75) is 0 Å². The molecule has 0 aliphatic carbocycles. The van der Waals surface area contributed by atoms with E-state index in [1.54, 1.807) is 12.1 Å². The summed E-state index contributed by atoms with van der Waals surface area (Å²) in [5.74, 6) is 0.178. The van der Waals surface area contributed by atoms with Crippen molar-refractivity contribution in [2.75, 3.05) is 0 Å². The van der Waals surface area contributed by atoms with E-state index in [4.69, 9.17) is 0 Å². The molecule has 0 saturated carbocycles. The Labute approximate surface area is 113 Å². The van der Waals surface area contributed by atoms with Crippen molar-refractivity contribution < 1.29 is 9.90 Å². The zero-order chi connectivity index (χ0) is 13.0. The number of ketones is 1. The van der Waals surface area contributed by atoms with Gasteiger partial charge in [-0.15, -0.1) is 11.3 Å². The van der Waals surface area contributed by atoms with Crippen molar-refractivity contribution in [3.63, 3.8) is 0 Å². The smallest absolute Gasteiger partial charge is 0.221 e. The fraction of sp³-hybridized carbons (Fsp3) is 0. The topological polar surface area (TPSA) is 42.2 Å². The van der Waals surface area contributed by atoms with Gasteiger partial charge in [0.2, 0.25) is 5.78 Å². The highest BCUT2D eigenvalue weighted by Gasteiger charge is 2.30. The van der Waals surface area contributed by atoms with E-state index >= 15 is 0 Å². The lowest BCUT2D eigenvalue weighted by Crippen LogP contribution is -1.94. The first-order valence-corrected chi connectivity index (χ1v) is 6.68. The van der Waals surface area contributed by atoms with Crippen LogP contribution in [0.4, 0.5) is 0 Å². The van der Waals surface area contributed by atoms with Crippen LogP contribution in [0.5, 0.6) is 5.75 Å². The van der Waals surface area contributed by atoms with E-state index in [-0.39, 0.29) is 11.5 Å². The Morgan fingerprint density at radius 1 is 1.32 bits per heavy atom. The molecule has 0 fully saturated rings. The average Bonchev–Trinajstić information content (AvgIpc) is 3.07. The first-order valence-electron chi connectivity index (χ1n) is 5.81. The van der Waals surface area contributed by atoms with Crippen LogP contribution < -0.4 is 0 Å². The second-order valence-corrected chi connectivity index (χ2v) is 5.26. The zero-order valence-electron chi connectivity index (χ0n) is 9.75. The van der Waals surface area contributed by atoms with Gasteiger partial charge in [0.1, 0.15) is 10.6 Å². The molecule has 1 aliphatic heterocycles. The van der Waals surface area contributed by atoms with Crippen LogP contribution in [0.25, 0.3) is 16.8 Å². The molecule has 0 saturated heterocycles. The maximum atomic E-state index is 12.2. The average molecular weight is 266 g/mol. The van der Waals surface area contributed by atoms with Crippen molar-refractivity contribution in [1.29, 1.82) is 0 Å². The number of hydrogen-bond acceptors (Lipinski definition) is 3. The molecule has 3 aromatic rings. The minimum atomic E-state index is 0.0722. The van der Waals surface area contributed by atoms with Crippen molar-refractivity contribution in [3.05, 3.63) is 58.5 Å². The number of aromatic hydroxyl groups is 1. The van der Waals surface area contributed by atoms with Crippen molar-refractivity contribution in [3.8, 4) is 22.6 Å². The Bertz CT molecular complexity index is 813. The molecular weight excluding hydrogens is 258 g/mol. The summed E-state index contributed by atoms with van der Waals surface area (Å²) in [5, 5.41) is 11.5. The van der Waals surface area contributed by atoms with Gasteiger partial charge in [0.15, 0.2) is 0 Å². The zero-order valence-corrected chi connectivity index (χ0v) is 10.6. The van der Waals surface area contributed by atoms with E-state index in [1.165, 1.54) is 11.3 Å². The van der Waals surface area contributed by atoms with Gasteiger partial charge in [-0.1, -0.05) is 6.07 Å². The number of phenolic OH excluding ortho intramolecular Hbond substituents is 1. The van der Waals surface area contributed by atoms with Gasteiger partial charge in [0.25, 0.3) is 0 Å². The van der Waals surface area contributed by atoms with Crippen LogP contribution >= 0.6 is 11.3 Å². The fourth-order valence-electron chi connectivity index (χ4n) is 2.46. The third-order valence-electron chi connectivity index (χ3n) is 3.29. The highest BCUT2D eigenvalue weighted by Crippen LogP contribution is 2.41. The molecule has 1 aliphatic rings. The molecule has 1 radical (unpaired) electrons. The molecule has 4 rings (SSSR count). The van der Waals surface area contributed by atoms with E-state index < -0.39 is 0 Å². The van der Waals surface area contributed by atoms with Crippen LogP contribution in [0.15, 0.2) is 41.9 Å². The number of benzene rings is 1. The first kappa shape index (κ1) is 10.6. The van der Waals surface area contributed by atoms with Crippen LogP contribution in [-0.2, 0) is 0 Å². The third-order valence-corrected chi connectivity index (χ3v) is 4.26. The molecule has 0 amide bonds. The monoisotopic (exact) mass is 266 g/mol. The molecule has 91 valence electrons. The van der Waals surface area contributed by atoms with Crippen molar-refractivity contribution in [2.24, 2.45) is 0 Å². The lowest BCUT2D eigenvalue weighted by molar-refractivity contribution is 0.104. The lowest BCUT2D eigenvalue weighted by Gasteiger charge is -2.04. The number of phenols is 1. The van der Waals surface area contributed by atoms with Gasteiger partial charge in [-0.2, -0.15) is 0 Å². The van der Waals surface area contributed by atoms with Crippen molar-refractivity contribution in [1.82, 2.24) is 4.57 Å². The van der Waals surface area contributed by atoms with E-state index in [9.17, 15) is 9.90 Å². The van der Waals surface area contributed by atoms with E-state index in [1.807, 2.05) is 34.3 Å². The Balaban J connectivity index is 2.00. The first-order chi connectivity index (χ1) is 9.25. The molecule has 0 unspecified atom stereocenters. The number of carbonyl (C=O) groups is 1. The van der Waals surface area contributed by atoms with Gasteiger partial charge in [-0.05, 0) is 29.8 Å². The number of nitrogens with zero attached hydrogens (tertiary/aromatic N) is 1. The number of carbonyl (C=O) groups excluding carboxylic acids is 1. The van der Waals surface area contributed by atoms with Gasteiger partial charge in [-0.25, -0.2) is 0 Å². The molecule has 4 heteroatoms. The largest absolute Gasteiger partial charge is 0.507 e. The standard InChI is InChI=1S/C15H8NO2S/c17-10-4-1-3-9(7-10)11-8-19-15-13(11)16-6-2-5-12(16)14(15)18/h1-3,5-8,17H. The van der Waals surface area contributed by atoms with Crippen molar-refractivity contribution >= 4 is 17.1 Å². The minimum Gasteiger partial charge on any atom is -0.507 e. The number of aromatic nitrogens is 1. The summed E-state index contributed by atoms with van der Waals surface area (Å²) in [6.07, 6.45) is 1.89. The maximum Gasteiger partial charge on any atom is 0.221 e. The Hall–Kier alpha value is -2.33. The second kappa shape index (κ2) is 3.59. The minimum absolute atomic E-state index is 0.0722. The van der Waals surface area contributed by atoms with E-state index in [0.717, 1.165) is 21.7 Å². The molecule has 1 N–H and O–H groups in total. The highest BCUT2D eigenvalue weighted by molar-refractivity contribution is 7.13. The van der Waals surface area contributed by atoms with Gasteiger partial charge >= 0.3 is 0 Å². The van der Waals surface area contributed by atoms with Gasteiger partial charge in [0, 0.05) is 23.2 Å². The molecule has 1 aromatic carbocycles. The van der Waals surface area contributed by atoms with Crippen LogP contribution in [0.3, 0.4) is 0 Å². The van der Waals surface area contributed by atoms with Gasteiger partial charge in [-0.3, -0.25) is 4.79 Å². The fourth-order valence-corrected chi connectivity index (χ4v) is 3.47. The number of fused-ring (bicyclic) bond motifs is 3. The quantitative estimate of drug-likeness (QED) is 0.574. The third kappa shape index (κ3) is 1.34. The van der Waals surface area contributed by atoms with Crippen LogP contribution in [0, 0.1) is 6.07 Å². The number of hydrogen-bond donors (Lipinski definition) is 1. The summed E-state index contributed by atoms with van der Waals surface area (Å²) in [4.78, 5) is 13.0. The molecule has 3 heterocycles. The predicted molar refractivity (Wildman–Crippen MR) is 73.0 cm³/mol. The summed E-state index contributed by atoms with van der Waals surface area (Å²) in [5.41, 5.74) is 3.48. The maximum absolute atomic E-state index is 12.2. The molecule has 0 spiro atoms. The summed E-state index contributed by atoms with van der Waals surface area (Å²) < 4.78 is 1.91. The Morgan fingerprint density at radius 2 is 2.21 bits per heavy atom.